The Morgan fingerprint density at radius 1 is 1.12 bits per heavy atom. The number of phenols is 1. The minimum Gasteiger partial charge on any atom is -0.508 e. The van der Waals surface area contributed by atoms with Crippen molar-refractivity contribution in [2.45, 2.75) is 12.3 Å². The zero-order chi connectivity index (χ0) is 18.4. The molecule has 0 aromatic heterocycles. The van der Waals surface area contributed by atoms with Crippen LogP contribution in [-0.4, -0.2) is 22.9 Å². The molecule has 0 aliphatic heterocycles. The lowest BCUT2D eigenvalue weighted by Crippen LogP contribution is -2.26. The van der Waals surface area contributed by atoms with Crippen molar-refractivity contribution >= 4 is 28.6 Å². The number of fused-ring (bicyclic) bond motifs is 2. The van der Waals surface area contributed by atoms with E-state index >= 15 is 0 Å². The van der Waals surface area contributed by atoms with Crippen LogP contribution in [0.1, 0.15) is 44.2 Å². The molecule has 128 valence electrons. The summed E-state index contributed by atoms with van der Waals surface area (Å²) in [5, 5.41) is 19.3. The summed E-state index contributed by atoms with van der Waals surface area (Å²) in [6.45, 7) is 0. The molecule has 2 N–H and O–H groups in total. The van der Waals surface area contributed by atoms with E-state index in [2.05, 4.69) is 0 Å². The Morgan fingerprint density at radius 2 is 1.92 bits per heavy atom. The molecule has 1 aliphatic carbocycles. The Kier molecular flexibility index (Phi) is 3.65. The van der Waals surface area contributed by atoms with Crippen molar-refractivity contribution in [3.05, 3.63) is 76.6 Å². The summed E-state index contributed by atoms with van der Waals surface area (Å²) in [6, 6.07) is 12.0. The highest BCUT2D eigenvalue weighted by Gasteiger charge is 2.33. The van der Waals surface area contributed by atoms with Crippen LogP contribution in [-0.2, 0) is 0 Å². The number of carbonyl (C=O) groups is 2. The van der Waals surface area contributed by atoms with Gasteiger partial charge in [-0.1, -0.05) is 18.2 Å². The molecule has 26 heavy (non-hydrogen) atoms. The summed E-state index contributed by atoms with van der Waals surface area (Å²) in [7, 11) is 0. The molecule has 3 aromatic rings. The van der Waals surface area contributed by atoms with Gasteiger partial charge in [0.05, 0.1) is 5.71 Å². The summed E-state index contributed by atoms with van der Waals surface area (Å²) in [4.78, 5) is 24.0. The molecular formula is C21H14FNO3. The Balaban J connectivity index is 2.05. The number of Topliss-reactive ketones (excluding diaryl/α,β-unsaturated/α-hetero) is 1. The summed E-state index contributed by atoms with van der Waals surface area (Å²) in [5.41, 5.74) is 1.93. The van der Waals surface area contributed by atoms with Crippen LogP contribution in [0.15, 0.2) is 48.5 Å². The fourth-order valence-electron chi connectivity index (χ4n) is 3.71. The second-order valence-corrected chi connectivity index (χ2v) is 6.39. The third-order valence-corrected chi connectivity index (χ3v) is 4.87. The largest absolute Gasteiger partial charge is 0.508 e. The maximum absolute atomic E-state index is 13.6. The van der Waals surface area contributed by atoms with E-state index in [4.69, 9.17) is 5.41 Å². The van der Waals surface area contributed by atoms with Crippen LogP contribution in [0.3, 0.4) is 0 Å². The molecule has 0 heterocycles. The zero-order valence-corrected chi connectivity index (χ0v) is 13.6. The first kappa shape index (κ1) is 16.1. The summed E-state index contributed by atoms with van der Waals surface area (Å²) >= 11 is 0. The molecule has 0 radical (unpaired) electrons. The lowest BCUT2D eigenvalue weighted by molar-refractivity contribution is 0.105. The van der Waals surface area contributed by atoms with Crippen LogP contribution in [0.25, 0.3) is 10.8 Å². The SMILES string of the molecule is N=C1CC(c2c(C=O)ccc3cc(F)ccc23)c2cc(O)ccc2C1=O. The van der Waals surface area contributed by atoms with Crippen molar-refractivity contribution in [2.75, 3.05) is 0 Å². The van der Waals surface area contributed by atoms with Crippen molar-refractivity contribution in [3.8, 4) is 5.75 Å². The van der Waals surface area contributed by atoms with E-state index in [9.17, 15) is 19.1 Å². The fraction of sp³-hybridized carbons (Fsp3) is 0.0952. The number of carbonyl (C=O) groups excluding carboxylic acids is 2. The topological polar surface area (TPSA) is 78.2 Å². The van der Waals surface area contributed by atoms with E-state index < -0.39 is 5.92 Å². The maximum atomic E-state index is 13.6. The molecule has 0 spiro atoms. The van der Waals surface area contributed by atoms with Gasteiger partial charge in [0, 0.05) is 23.5 Å². The molecule has 3 aromatic carbocycles. The van der Waals surface area contributed by atoms with Gasteiger partial charge in [0.2, 0.25) is 5.78 Å². The third-order valence-electron chi connectivity index (χ3n) is 4.87. The van der Waals surface area contributed by atoms with Gasteiger partial charge >= 0.3 is 0 Å². The van der Waals surface area contributed by atoms with E-state index in [1.54, 1.807) is 18.2 Å². The average molecular weight is 347 g/mol. The third kappa shape index (κ3) is 2.40. The average Bonchev–Trinajstić information content (AvgIpc) is 2.63. The normalized spacial score (nSPS) is 16.6. The minimum atomic E-state index is -0.448. The fourth-order valence-corrected chi connectivity index (χ4v) is 3.71. The van der Waals surface area contributed by atoms with E-state index in [-0.39, 0.29) is 29.5 Å². The van der Waals surface area contributed by atoms with E-state index in [0.29, 0.717) is 33.0 Å². The van der Waals surface area contributed by atoms with Gasteiger partial charge in [-0.05, 0) is 52.2 Å². The summed E-state index contributed by atoms with van der Waals surface area (Å²) in [5.74, 6) is -1.20. The molecule has 1 aliphatic rings. The predicted octanol–water partition coefficient (Wildman–Crippen LogP) is 4.24. The smallest absolute Gasteiger partial charge is 0.206 e. The summed E-state index contributed by atoms with van der Waals surface area (Å²) in [6.07, 6.45) is 0.841. The van der Waals surface area contributed by atoms with Crippen molar-refractivity contribution in [1.29, 1.82) is 5.41 Å². The van der Waals surface area contributed by atoms with Gasteiger partial charge in [-0.15, -0.1) is 0 Å². The summed E-state index contributed by atoms with van der Waals surface area (Å²) < 4.78 is 13.6. The number of rotatable bonds is 2. The number of ketones is 1. The van der Waals surface area contributed by atoms with Crippen LogP contribution < -0.4 is 0 Å². The van der Waals surface area contributed by atoms with Gasteiger partial charge in [-0.3, -0.25) is 9.59 Å². The number of aromatic hydroxyl groups is 1. The molecule has 0 saturated heterocycles. The second-order valence-electron chi connectivity index (χ2n) is 6.39. The second kappa shape index (κ2) is 5.88. The van der Waals surface area contributed by atoms with Gasteiger partial charge in [-0.25, -0.2) is 4.39 Å². The zero-order valence-electron chi connectivity index (χ0n) is 13.6. The molecule has 4 rings (SSSR count). The van der Waals surface area contributed by atoms with Crippen LogP contribution in [0.4, 0.5) is 4.39 Å². The van der Waals surface area contributed by atoms with Crippen molar-refractivity contribution < 1.29 is 19.1 Å². The van der Waals surface area contributed by atoms with Crippen LogP contribution in [0, 0.1) is 11.2 Å². The molecule has 5 heteroatoms. The first-order valence-electron chi connectivity index (χ1n) is 8.12. The highest BCUT2D eigenvalue weighted by Crippen LogP contribution is 2.41. The van der Waals surface area contributed by atoms with Crippen molar-refractivity contribution in [1.82, 2.24) is 0 Å². The first-order valence-corrected chi connectivity index (χ1v) is 8.12. The van der Waals surface area contributed by atoms with Gasteiger partial charge in [-0.2, -0.15) is 0 Å². The van der Waals surface area contributed by atoms with E-state index in [0.717, 1.165) is 6.29 Å². The quantitative estimate of drug-likeness (QED) is 0.681. The highest BCUT2D eigenvalue weighted by molar-refractivity contribution is 6.46. The highest BCUT2D eigenvalue weighted by atomic mass is 19.1. The van der Waals surface area contributed by atoms with Gasteiger partial charge in [0.25, 0.3) is 0 Å². The number of phenolic OH excluding ortho intramolecular Hbond substituents is 1. The number of halogens is 1. The molecule has 4 nitrogen and oxygen atoms in total. The Hall–Kier alpha value is -3.34. The van der Waals surface area contributed by atoms with E-state index in [1.165, 1.54) is 30.3 Å². The molecule has 0 bridgehead atoms. The van der Waals surface area contributed by atoms with Crippen molar-refractivity contribution in [3.63, 3.8) is 0 Å². The lowest BCUT2D eigenvalue weighted by Gasteiger charge is -2.27. The van der Waals surface area contributed by atoms with Crippen LogP contribution in [0.2, 0.25) is 0 Å². The minimum absolute atomic E-state index is 0.00825. The maximum Gasteiger partial charge on any atom is 0.206 e. The standard InChI is InChI=1S/C21H14FNO3/c22-13-3-5-15-11(7-13)1-2-12(10-24)20(15)18-9-19(23)21(26)16-6-4-14(25)8-17(16)18/h1-8,10,18,23,25H,9H2. The van der Waals surface area contributed by atoms with Gasteiger partial charge in [0.1, 0.15) is 17.9 Å². The molecule has 1 unspecified atom stereocenters. The number of aldehydes is 1. The Morgan fingerprint density at radius 3 is 2.69 bits per heavy atom. The number of benzene rings is 3. The molecule has 1 atom stereocenters. The molecule has 0 amide bonds. The van der Waals surface area contributed by atoms with Gasteiger partial charge < -0.3 is 10.5 Å². The number of nitrogens with one attached hydrogen (secondary N) is 1. The van der Waals surface area contributed by atoms with Crippen LogP contribution >= 0.6 is 0 Å². The lowest BCUT2D eigenvalue weighted by atomic mass is 9.75. The monoisotopic (exact) mass is 347 g/mol. The first-order chi connectivity index (χ1) is 12.5. The molecule has 0 saturated carbocycles. The molecular weight excluding hydrogens is 333 g/mol. The molecule has 0 fully saturated rings. The van der Waals surface area contributed by atoms with Crippen LogP contribution in [0.5, 0.6) is 5.75 Å². The number of hydrogen-bond acceptors (Lipinski definition) is 4. The Labute approximate surface area is 148 Å². The number of hydrogen-bond donors (Lipinski definition) is 2. The Bertz CT molecular complexity index is 1100. The van der Waals surface area contributed by atoms with E-state index in [1.807, 2.05) is 0 Å². The van der Waals surface area contributed by atoms with Crippen molar-refractivity contribution in [2.24, 2.45) is 0 Å². The van der Waals surface area contributed by atoms with Gasteiger partial charge in [0.15, 0.2) is 0 Å². The predicted molar refractivity (Wildman–Crippen MR) is 95.9 cm³/mol.